The molecule has 0 aliphatic heterocycles. The molecule has 0 radical (unpaired) electrons. The maximum Gasteiger partial charge on any atom is 0.147 e. The number of methoxy groups -OCH3 is 1. The third kappa shape index (κ3) is 1.88. The van der Waals surface area contributed by atoms with E-state index in [1.165, 1.54) is 30.3 Å². The van der Waals surface area contributed by atoms with Gasteiger partial charge in [0.05, 0.1) is 7.11 Å². The van der Waals surface area contributed by atoms with Crippen molar-refractivity contribution in [2.45, 2.75) is 11.8 Å². The molecule has 6 heteroatoms. The highest BCUT2D eigenvalue weighted by molar-refractivity contribution is 7.80. The highest BCUT2D eigenvalue weighted by Crippen LogP contribution is 2.27. The maximum atomic E-state index is 13.4. The van der Waals surface area contributed by atoms with E-state index in [1.807, 2.05) is 0 Å². The Kier molecular flexibility index (Phi) is 2.82. The van der Waals surface area contributed by atoms with E-state index < -0.39 is 5.82 Å². The van der Waals surface area contributed by atoms with Gasteiger partial charge in [-0.3, -0.25) is 0 Å². The van der Waals surface area contributed by atoms with E-state index in [2.05, 4.69) is 22.7 Å². The summed E-state index contributed by atoms with van der Waals surface area (Å²) in [6, 6.07) is 2.82. The number of ether oxygens (including phenoxy) is 1. The molecule has 0 amide bonds. The van der Waals surface area contributed by atoms with Crippen molar-refractivity contribution in [3.8, 4) is 11.4 Å². The smallest absolute Gasteiger partial charge is 0.147 e. The summed E-state index contributed by atoms with van der Waals surface area (Å²) in [5.74, 6) is 0.681. The third-order valence-electron chi connectivity index (χ3n) is 2.10. The van der Waals surface area contributed by atoms with Crippen LogP contribution in [0.1, 0.15) is 5.82 Å². The Balaban J connectivity index is 2.59. The molecule has 0 saturated carbocycles. The number of aryl methyl sites for hydroxylation is 1. The fourth-order valence-electron chi connectivity index (χ4n) is 1.34. The summed E-state index contributed by atoms with van der Waals surface area (Å²) in [6.07, 6.45) is 1.50. The van der Waals surface area contributed by atoms with Crippen molar-refractivity contribution in [1.82, 2.24) is 14.8 Å². The lowest BCUT2D eigenvalue weighted by molar-refractivity contribution is 0.408. The minimum Gasteiger partial charge on any atom is -0.494 e. The fourth-order valence-corrected chi connectivity index (χ4v) is 1.52. The second-order valence-electron chi connectivity index (χ2n) is 3.21. The van der Waals surface area contributed by atoms with Crippen LogP contribution in [0.3, 0.4) is 0 Å². The van der Waals surface area contributed by atoms with Gasteiger partial charge in [0.2, 0.25) is 0 Å². The third-order valence-corrected chi connectivity index (χ3v) is 2.44. The first-order valence-corrected chi connectivity index (χ1v) is 5.01. The van der Waals surface area contributed by atoms with Crippen LogP contribution in [0.5, 0.6) is 5.75 Å². The summed E-state index contributed by atoms with van der Waals surface area (Å²) >= 11 is 3.99. The van der Waals surface area contributed by atoms with Crippen molar-refractivity contribution in [1.29, 1.82) is 0 Å². The van der Waals surface area contributed by atoms with Gasteiger partial charge in [0.25, 0.3) is 0 Å². The van der Waals surface area contributed by atoms with Crippen molar-refractivity contribution in [2.24, 2.45) is 0 Å². The summed E-state index contributed by atoms with van der Waals surface area (Å²) < 4.78 is 20.0. The molecule has 0 spiro atoms. The Bertz CT molecular complexity index is 527. The van der Waals surface area contributed by atoms with E-state index in [0.29, 0.717) is 17.3 Å². The second-order valence-corrected chi connectivity index (χ2v) is 3.69. The topological polar surface area (TPSA) is 39.9 Å². The zero-order valence-electron chi connectivity index (χ0n) is 8.81. The van der Waals surface area contributed by atoms with Crippen LogP contribution in [0.15, 0.2) is 23.4 Å². The number of benzene rings is 1. The molecule has 0 N–H and O–H groups in total. The standard InChI is InChI=1S/C10H10FN3OS/c1-6-12-5-14(13-6)8-3-7(11)10(16)4-9(8)15-2/h3-5,16H,1-2H3. The van der Waals surface area contributed by atoms with E-state index in [0.717, 1.165) is 0 Å². The van der Waals surface area contributed by atoms with Gasteiger partial charge >= 0.3 is 0 Å². The van der Waals surface area contributed by atoms with Gasteiger partial charge in [-0.2, -0.15) is 5.10 Å². The molecule has 16 heavy (non-hydrogen) atoms. The molecule has 2 aromatic rings. The van der Waals surface area contributed by atoms with Gasteiger partial charge in [-0.1, -0.05) is 0 Å². The SMILES string of the molecule is COc1cc(S)c(F)cc1-n1cnc(C)n1. The molecule has 0 atom stereocenters. The minimum absolute atomic E-state index is 0.234. The lowest BCUT2D eigenvalue weighted by Crippen LogP contribution is -2.00. The van der Waals surface area contributed by atoms with Gasteiger partial charge in [-0.05, 0) is 13.0 Å². The van der Waals surface area contributed by atoms with E-state index in [-0.39, 0.29) is 4.90 Å². The van der Waals surface area contributed by atoms with Crippen LogP contribution < -0.4 is 4.74 Å². The van der Waals surface area contributed by atoms with E-state index in [9.17, 15) is 4.39 Å². The average molecular weight is 239 g/mol. The number of aromatic nitrogens is 3. The van der Waals surface area contributed by atoms with E-state index in [1.54, 1.807) is 6.92 Å². The largest absolute Gasteiger partial charge is 0.494 e. The molecule has 0 unspecified atom stereocenters. The molecule has 1 heterocycles. The van der Waals surface area contributed by atoms with Gasteiger partial charge in [-0.15, -0.1) is 12.6 Å². The molecule has 1 aromatic heterocycles. The monoisotopic (exact) mass is 239 g/mol. The highest BCUT2D eigenvalue weighted by atomic mass is 32.1. The van der Waals surface area contributed by atoms with Crippen molar-refractivity contribution < 1.29 is 9.13 Å². The molecule has 0 aliphatic carbocycles. The first-order chi connectivity index (χ1) is 7.61. The number of halogens is 1. The highest BCUT2D eigenvalue weighted by Gasteiger charge is 2.11. The molecular weight excluding hydrogens is 229 g/mol. The molecule has 0 fully saturated rings. The Labute approximate surface area is 97.5 Å². The van der Waals surface area contributed by atoms with Crippen molar-refractivity contribution >= 4 is 12.6 Å². The minimum atomic E-state index is -0.424. The zero-order valence-corrected chi connectivity index (χ0v) is 9.70. The van der Waals surface area contributed by atoms with Crippen LogP contribution in [0.2, 0.25) is 0 Å². The van der Waals surface area contributed by atoms with Crippen LogP contribution in [0.25, 0.3) is 5.69 Å². The van der Waals surface area contributed by atoms with Gasteiger partial charge < -0.3 is 4.74 Å². The number of rotatable bonds is 2. The van der Waals surface area contributed by atoms with Gasteiger partial charge in [0.1, 0.15) is 29.4 Å². The summed E-state index contributed by atoms with van der Waals surface area (Å²) in [4.78, 5) is 4.21. The van der Waals surface area contributed by atoms with Crippen molar-refractivity contribution in [3.63, 3.8) is 0 Å². The van der Waals surface area contributed by atoms with Crippen molar-refractivity contribution in [2.75, 3.05) is 7.11 Å². The predicted octanol–water partition coefficient (Wildman–Crippen LogP) is 2.01. The first kappa shape index (κ1) is 10.9. The lowest BCUT2D eigenvalue weighted by atomic mass is 10.3. The average Bonchev–Trinajstić information content (AvgIpc) is 2.68. The molecular formula is C10H10FN3OS. The normalized spacial score (nSPS) is 10.5. The molecule has 2 rings (SSSR count). The molecule has 4 nitrogen and oxygen atoms in total. The number of thiol groups is 1. The number of hydrogen-bond acceptors (Lipinski definition) is 4. The Morgan fingerprint density at radius 2 is 2.19 bits per heavy atom. The van der Waals surface area contributed by atoms with Gasteiger partial charge in [0, 0.05) is 11.0 Å². The van der Waals surface area contributed by atoms with Crippen LogP contribution in [-0.2, 0) is 0 Å². The Morgan fingerprint density at radius 3 is 2.75 bits per heavy atom. The fraction of sp³-hybridized carbons (Fsp3) is 0.200. The quantitative estimate of drug-likeness (QED) is 0.815. The zero-order chi connectivity index (χ0) is 11.7. The van der Waals surface area contributed by atoms with Gasteiger partial charge in [0.15, 0.2) is 0 Å². The molecule has 0 aliphatic rings. The Morgan fingerprint density at radius 1 is 1.44 bits per heavy atom. The Hall–Kier alpha value is -1.56. The van der Waals surface area contributed by atoms with E-state index >= 15 is 0 Å². The lowest BCUT2D eigenvalue weighted by Gasteiger charge is -2.09. The van der Waals surface area contributed by atoms with Crippen LogP contribution >= 0.6 is 12.6 Å². The van der Waals surface area contributed by atoms with Crippen molar-refractivity contribution in [3.05, 3.63) is 30.1 Å². The molecule has 0 saturated heterocycles. The van der Waals surface area contributed by atoms with E-state index in [4.69, 9.17) is 4.74 Å². The molecule has 1 aromatic carbocycles. The number of hydrogen-bond donors (Lipinski definition) is 1. The van der Waals surface area contributed by atoms with Crippen LogP contribution in [-0.4, -0.2) is 21.9 Å². The van der Waals surface area contributed by atoms with Gasteiger partial charge in [-0.25, -0.2) is 14.1 Å². The van der Waals surface area contributed by atoms with Crippen LogP contribution in [0.4, 0.5) is 4.39 Å². The first-order valence-electron chi connectivity index (χ1n) is 4.57. The molecule has 84 valence electrons. The summed E-state index contributed by atoms with van der Waals surface area (Å²) in [7, 11) is 1.51. The second kappa shape index (κ2) is 4.13. The van der Waals surface area contributed by atoms with Crippen LogP contribution in [0, 0.1) is 12.7 Å². The number of nitrogens with zero attached hydrogens (tertiary/aromatic N) is 3. The summed E-state index contributed by atoms with van der Waals surface area (Å²) in [5, 5.41) is 4.09. The maximum absolute atomic E-state index is 13.4. The summed E-state index contributed by atoms with van der Waals surface area (Å²) in [6.45, 7) is 1.76. The summed E-state index contributed by atoms with van der Waals surface area (Å²) in [5.41, 5.74) is 0.499. The predicted molar refractivity (Wildman–Crippen MR) is 59.9 cm³/mol. The molecule has 0 bridgehead atoms.